The fraction of sp³-hybridized carbons (Fsp3) is 0.533. The van der Waals surface area contributed by atoms with Gasteiger partial charge in [-0.3, -0.25) is 4.79 Å². The molecule has 2 fully saturated rings. The molecule has 0 aromatic heterocycles. The van der Waals surface area contributed by atoms with E-state index in [9.17, 15) is 9.18 Å². The van der Waals surface area contributed by atoms with Gasteiger partial charge in [-0.25, -0.2) is 4.39 Å². The summed E-state index contributed by atoms with van der Waals surface area (Å²) in [5, 5.41) is 0.690. The zero-order valence-corrected chi connectivity index (χ0v) is 11.8. The van der Waals surface area contributed by atoms with Gasteiger partial charge in [0.15, 0.2) is 0 Å². The van der Waals surface area contributed by atoms with Gasteiger partial charge in [0.2, 0.25) is 0 Å². The second-order valence-corrected chi connectivity index (χ2v) is 6.57. The standard InChI is InChI=1S/C15H18FNOS/c1-19-14-8-12-6-7-13(9-14)17(12)15(18)10-2-4-11(16)5-3-10/h2-5,12-14H,6-9H2,1H3/t12-,13+,14?. The number of nitrogens with zero attached hydrogens (tertiary/aromatic N) is 1. The molecule has 2 heterocycles. The van der Waals surface area contributed by atoms with Gasteiger partial charge in [-0.2, -0.15) is 11.8 Å². The van der Waals surface area contributed by atoms with E-state index in [-0.39, 0.29) is 11.7 Å². The zero-order chi connectivity index (χ0) is 13.4. The van der Waals surface area contributed by atoms with E-state index in [1.54, 1.807) is 12.1 Å². The summed E-state index contributed by atoms with van der Waals surface area (Å²) in [7, 11) is 0. The predicted octanol–water partition coefficient (Wildman–Crippen LogP) is 3.32. The van der Waals surface area contributed by atoms with Crippen LogP contribution in [-0.2, 0) is 0 Å². The number of thioether (sulfide) groups is 1. The number of rotatable bonds is 2. The third-order valence-electron chi connectivity index (χ3n) is 4.35. The number of hydrogen-bond donors (Lipinski definition) is 0. The van der Waals surface area contributed by atoms with E-state index in [0.29, 0.717) is 22.9 Å². The fourth-order valence-corrected chi connectivity index (χ4v) is 4.22. The molecule has 2 aliphatic heterocycles. The van der Waals surface area contributed by atoms with Crippen molar-refractivity contribution in [3.63, 3.8) is 0 Å². The van der Waals surface area contributed by atoms with Gasteiger partial charge in [0, 0.05) is 22.9 Å². The Hall–Kier alpha value is -1.03. The monoisotopic (exact) mass is 279 g/mol. The van der Waals surface area contributed by atoms with E-state index in [2.05, 4.69) is 11.2 Å². The number of piperidine rings is 1. The highest BCUT2D eigenvalue weighted by atomic mass is 32.2. The van der Waals surface area contributed by atoms with Crippen LogP contribution in [0.3, 0.4) is 0 Å². The third-order valence-corrected chi connectivity index (χ3v) is 5.40. The zero-order valence-electron chi connectivity index (χ0n) is 11.0. The first-order valence-corrected chi connectivity index (χ1v) is 8.09. The lowest BCUT2D eigenvalue weighted by Crippen LogP contribution is -2.47. The third kappa shape index (κ3) is 2.38. The Bertz CT molecular complexity index is 462. The van der Waals surface area contributed by atoms with Crippen LogP contribution in [0.15, 0.2) is 24.3 Å². The van der Waals surface area contributed by atoms with Crippen LogP contribution >= 0.6 is 11.8 Å². The van der Waals surface area contributed by atoms with Crippen molar-refractivity contribution in [2.24, 2.45) is 0 Å². The van der Waals surface area contributed by atoms with Crippen molar-refractivity contribution in [3.8, 4) is 0 Å². The average molecular weight is 279 g/mol. The molecular formula is C15H18FNOS. The Labute approximate surface area is 117 Å². The molecule has 2 nitrogen and oxygen atoms in total. The summed E-state index contributed by atoms with van der Waals surface area (Å²) >= 11 is 1.92. The summed E-state index contributed by atoms with van der Waals surface area (Å²) in [6.07, 6.45) is 6.60. The van der Waals surface area contributed by atoms with Crippen molar-refractivity contribution in [1.29, 1.82) is 0 Å². The summed E-state index contributed by atoms with van der Waals surface area (Å²) < 4.78 is 12.9. The van der Waals surface area contributed by atoms with Crippen LogP contribution in [0.4, 0.5) is 4.39 Å². The molecule has 2 aliphatic rings. The Morgan fingerprint density at radius 2 is 1.79 bits per heavy atom. The maximum absolute atomic E-state index is 12.9. The van der Waals surface area contributed by atoms with E-state index < -0.39 is 0 Å². The number of carbonyl (C=O) groups excluding carboxylic acids is 1. The molecule has 1 aromatic rings. The van der Waals surface area contributed by atoms with E-state index in [1.165, 1.54) is 12.1 Å². The van der Waals surface area contributed by atoms with E-state index >= 15 is 0 Å². The van der Waals surface area contributed by atoms with Gasteiger partial charge < -0.3 is 4.90 Å². The molecule has 0 N–H and O–H groups in total. The topological polar surface area (TPSA) is 20.3 Å². The SMILES string of the molecule is CSC1C[C@H]2CC[C@@H](C1)N2C(=O)c1ccc(F)cc1. The minimum absolute atomic E-state index is 0.0760. The van der Waals surface area contributed by atoms with Crippen LogP contribution in [0.1, 0.15) is 36.0 Å². The summed E-state index contributed by atoms with van der Waals surface area (Å²) in [5.74, 6) is -0.215. The van der Waals surface area contributed by atoms with Gasteiger partial charge in [-0.1, -0.05) is 0 Å². The van der Waals surface area contributed by atoms with E-state index in [4.69, 9.17) is 0 Å². The van der Waals surface area contributed by atoms with Crippen LogP contribution in [0.25, 0.3) is 0 Å². The van der Waals surface area contributed by atoms with Crippen molar-refractivity contribution in [2.45, 2.75) is 43.0 Å². The Kier molecular flexibility index (Phi) is 3.52. The molecule has 1 aromatic carbocycles. The van der Waals surface area contributed by atoms with Crippen molar-refractivity contribution in [1.82, 2.24) is 4.90 Å². The number of halogens is 1. The molecule has 1 unspecified atom stereocenters. The smallest absolute Gasteiger partial charge is 0.254 e. The maximum Gasteiger partial charge on any atom is 0.254 e. The number of hydrogen-bond acceptors (Lipinski definition) is 2. The lowest BCUT2D eigenvalue weighted by atomic mass is 10.0. The summed E-state index contributed by atoms with van der Waals surface area (Å²) in [5.41, 5.74) is 0.612. The van der Waals surface area contributed by atoms with Crippen molar-refractivity contribution >= 4 is 17.7 Å². The molecular weight excluding hydrogens is 261 g/mol. The minimum Gasteiger partial charge on any atom is -0.333 e. The molecule has 0 spiro atoms. The van der Waals surface area contributed by atoms with E-state index in [1.807, 2.05) is 11.8 Å². The predicted molar refractivity (Wildman–Crippen MR) is 75.9 cm³/mol. The molecule has 3 atom stereocenters. The van der Waals surface area contributed by atoms with Crippen LogP contribution < -0.4 is 0 Å². The molecule has 4 heteroatoms. The summed E-state index contributed by atoms with van der Waals surface area (Å²) in [4.78, 5) is 14.6. The number of amides is 1. The lowest BCUT2D eigenvalue weighted by Gasteiger charge is -2.38. The average Bonchev–Trinajstić information content (AvgIpc) is 2.69. The molecule has 102 valence electrons. The Balaban J connectivity index is 1.80. The normalized spacial score (nSPS) is 29.6. The summed E-state index contributed by atoms with van der Waals surface area (Å²) in [6.45, 7) is 0. The molecule has 1 amide bonds. The fourth-order valence-electron chi connectivity index (χ4n) is 3.39. The highest BCUT2D eigenvalue weighted by Gasteiger charge is 2.43. The minimum atomic E-state index is -0.291. The lowest BCUT2D eigenvalue weighted by molar-refractivity contribution is 0.0601. The van der Waals surface area contributed by atoms with Crippen molar-refractivity contribution in [2.75, 3.05) is 6.26 Å². The number of fused-ring (bicyclic) bond motifs is 2. The Morgan fingerprint density at radius 3 is 2.32 bits per heavy atom. The molecule has 0 aliphatic carbocycles. The van der Waals surface area contributed by atoms with Gasteiger partial charge in [-0.05, 0) is 56.2 Å². The van der Waals surface area contributed by atoms with Crippen LogP contribution in [-0.4, -0.2) is 34.4 Å². The van der Waals surface area contributed by atoms with Gasteiger partial charge >= 0.3 is 0 Å². The van der Waals surface area contributed by atoms with E-state index in [0.717, 1.165) is 25.7 Å². The van der Waals surface area contributed by atoms with Gasteiger partial charge in [-0.15, -0.1) is 0 Å². The number of carbonyl (C=O) groups is 1. The Morgan fingerprint density at radius 1 is 1.21 bits per heavy atom. The molecule has 19 heavy (non-hydrogen) atoms. The molecule has 2 bridgehead atoms. The first-order valence-electron chi connectivity index (χ1n) is 6.80. The summed E-state index contributed by atoms with van der Waals surface area (Å²) in [6, 6.07) is 6.69. The first kappa shape index (κ1) is 13.0. The number of benzene rings is 1. The highest BCUT2D eigenvalue weighted by Crippen LogP contribution is 2.40. The van der Waals surface area contributed by atoms with Gasteiger partial charge in [0.25, 0.3) is 5.91 Å². The largest absolute Gasteiger partial charge is 0.333 e. The first-order chi connectivity index (χ1) is 9.19. The highest BCUT2D eigenvalue weighted by molar-refractivity contribution is 7.99. The maximum atomic E-state index is 12.9. The van der Waals surface area contributed by atoms with Crippen LogP contribution in [0, 0.1) is 5.82 Å². The van der Waals surface area contributed by atoms with Crippen molar-refractivity contribution in [3.05, 3.63) is 35.6 Å². The van der Waals surface area contributed by atoms with Gasteiger partial charge in [0.1, 0.15) is 5.82 Å². The molecule has 2 saturated heterocycles. The van der Waals surface area contributed by atoms with Crippen molar-refractivity contribution < 1.29 is 9.18 Å². The quantitative estimate of drug-likeness (QED) is 0.827. The molecule has 0 saturated carbocycles. The second kappa shape index (κ2) is 5.16. The molecule has 0 radical (unpaired) electrons. The molecule has 3 rings (SSSR count). The van der Waals surface area contributed by atoms with Crippen LogP contribution in [0.5, 0.6) is 0 Å². The van der Waals surface area contributed by atoms with Gasteiger partial charge in [0.05, 0.1) is 0 Å². The second-order valence-electron chi connectivity index (χ2n) is 5.43. The van der Waals surface area contributed by atoms with Crippen LogP contribution in [0.2, 0.25) is 0 Å².